The first-order chi connectivity index (χ1) is 7.24. The van der Waals surface area contributed by atoms with Crippen molar-refractivity contribution in [1.82, 2.24) is 10.2 Å². The summed E-state index contributed by atoms with van der Waals surface area (Å²) in [6.07, 6.45) is 2.46. The monoisotopic (exact) mass is 208 g/mol. The fraction of sp³-hybridized carbons (Fsp3) is 0.917. The number of amides is 1. The third-order valence-corrected chi connectivity index (χ3v) is 4.23. The zero-order chi connectivity index (χ0) is 10.4. The molecule has 0 aromatic rings. The molecule has 2 heterocycles. The number of piperidine rings is 2. The van der Waals surface area contributed by atoms with E-state index in [2.05, 4.69) is 17.1 Å². The fourth-order valence-electron chi connectivity index (χ4n) is 3.19. The Labute approximate surface area is 91.2 Å². The van der Waals surface area contributed by atoms with E-state index in [0.29, 0.717) is 17.7 Å². The summed E-state index contributed by atoms with van der Waals surface area (Å²) in [5.41, 5.74) is 0. The Bertz CT molecular complexity index is 267. The van der Waals surface area contributed by atoms with Crippen molar-refractivity contribution in [1.29, 1.82) is 0 Å². The van der Waals surface area contributed by atoms with Crippen molar-refractivity contribution < 1.29 is 4.79 Å². The third-order valence-electron chi connectivity index (χ3n) is 4.23. The summed E-state index contributed by atoms with van der Waals surface area (Å²) in [5, 5.41) is 3.46. The zero-order valence-corrected chi connectivity index (χ0v) is 9.41. The second-order valence-corrected chi connectivity index (χ2v) is 5.69. The van der Waals surface area contributed by atoms with Gasteiger partial charge in [-0.25, -0.2) is 0 Å². The highest BCUT2D eigenvalue weighted by Crippen LogP contribution is 2.40. The smallest absolute Gasteiger partial charge is 0.225 e. The van der Waals surface area contributed by atoms with Gasteiger partial charge in [0.15, 0.2) is 0 Å². The van der Waals surface area contributed by atoms with E-state index in [1.165, 1.54) is 6.42 Å². The van der Waals surface area contributed by atoms with Gasteiger partial charge in [-0.2, -0.15) is 0 Å². The van der Waals surface area contributed by atoms with E-state index in [-0.39, 0.29) is 0 Å². The second-order valence-electron chi connectivity index (χ2n) is 5.69. The van der Waals surface area contributed by atoms with Crippen LogP contribution in [0.1, 0.15) is 19.8 Å². The molecule has 1 saturated carbocycles. The van der Waals surface area contributed by atoms with Gasteiger partial charge >= 0.3 is 0 Å². The first-order valence-electron chi connectivity index (χ1n) is 6.23. The summed E-state index contributed by atoms with van der Waals surface area (Å²) in [7, 11) is 0. The molecular formula is C12H20N2O. The standard InChI is InChI=1S/C12H20N2O/c1-8-2-11(8)12(15)14-6-9-3-10(7-14)5-13-4-9/h8-11,13H,2-7H2,1H3/t8-,9-,10+,11-/m0/s1. The molecule has 0 aromatic heterocycles. The van der Waals surface area contributed by atoms with E-state index in [1.54, 1.807) is 0 Å². The molecule has 0 radical (unpaired) electrons. The lowest BCUT2D eigenvalue weighted by Gasteiger charge is -2.41. The normalized spacial score (nSPS) is 43.9. The third kappa shape index (κ3) is 1.78. The number of carbonyl (C=O) groups is 1. The van der Waals surface area contributed by atoms with Crippen molar-refractivity contribution >= 4 is 5.91 Å². The average Bonchev–Trinajstić information content (AvgIpc) is 2.94. The summed E-state index contributed by atoms with van der Waals surface area (Å²) in [4.78, 5) is 14.3. The van der Waals surface area contributed by atoms with E-state index in [1.807, 2.05) is 0 Å². The van der Waals surface area contributed by atoms with E-state index >= 15 is 0 Å². The molecule has 1 aliphatic carbocycles. The van der Waals surface area contributed by atoms with Crippen molar-refractivity contribution in [3.05, 3.63) is 0 Å². The van der Waals surface area contributed by atoms with Crippen LogP contribution in [-0.4, -0.2) is 37.0 Å². The van der Waals surface area contributed by atoms with Crippen LogP contribution in [0.5, 0.6) is 0 Å². The fourth-order valence-corrected chi connectivity index (χ4v) is 3.19. The quantitative estimate of drug-likeness (QED) is 0.688. The highest BCUT2D eigenvalue weighted by molar-refractivity contribution is 5.81. The van der Waals surface area contributed by atoms with Gasteiger partial charge in [0.1, 0.15) is 0 Å². The summed E-state index contributed by atoms with van der Waals surface area (Å²) < 4.78 is 0. The highest BCUT2D eigenvalue weighted by atomic mass is 16.2. The van der Waals surface area contributed by atoms with E-state index in [4.69, 9.17) is 0 Å². The largest absolute Gasteiger partial charge is 0.342 e. The second kappa shape index (κ2) is 3.48. The lowest BCUT2D eigenvalue weighted by Crippen LogP contribution is -2.53. The van der Waals surface area contributed by atoms with Gasteiger partial charge in [0.2, 0.25) is 5.91 Å². The van der Waals surface area contributed by atoms with E-state index in [9.17, 15) is 4.79 Å². The van der Waals surface area contributed by atoms with Gasteiger partial charge in [-0.3, -0.25) is 4.79 Å². The molecule has 4 atom stereocenters. The molecule has 0 spiro atoms. The summed E-state index contributed by atoms with van der Waals surface area (Å²) in [6, 6.07) is 0. The van der Waals surface area contributed by atoms with Crippen molar-refractivity contribution in [3.63, 3.8) is 0 Å². The van der Waals surface area contributed by atoms with E-state index in [0.717, 1.165) is 44.4 Å². The molecule has 3 fully saturated rings. The molecule has 0 aromatic carbocycles. The van der Waals surface area contributed by atoms with E-state index < -0.39 is 0 Å². The number of fused-ring (bicyclic) bond motifs is 2. The van der Waals surface area contributed by atoms with Gasteiger partial charge < -0.3 is 10.2 Å². The Kier molecular flexibility index (Phi) is 2.23. The van der Waals surface area contributed by atoms with Crippen molar-refractivity contribution in [2.75, 3.05) is 26.2 Å². The number of nitrogens with zero attached hydrogens (tertiary/aromatic N) is 1. The molecule has 0 unspecified atom stereocenters. The van der Waals surface area contributed by atoms with Gasteiger partial charge in [-0.05, 0) is 43.7 Å². The SMILES string of the molecule is C[C@H]1C[C@@H]1C(=O)N1C[C@@H]2CNC[C@@H](C2)C1. The Balaban J connectivity index is 1.64. The molecule has 1 N–H and O–H groups in total. The zero-order valence-electron chi connectivity index (χ0n) is 9.41. The predicted molar refractivity (Wildman–Crippen MR) is 58.3 cm³/mol. The molecule has 1 amide bonds. The van der Waals surface area contributed by atoms with Crippen LogP contribution in [0, 0.1) is 23.7 Å². The van der Waals surface area contributed by atoms with Crippen molar-refractivity contribution in [2.24, 2.45) is 23.7 Å². The molecule has 2 aliphatic heterocycles. The van der Waals surface area contributed by atoms with Crippen LogP contribution in [-0.2, 0) is 4.79 Å². The Hall–Kier alpha value is -0.570. The van der Waals surface area contributed by atoms with Gasteiger partial charge in [0, 0.05) is 19.0 Å². The first kappa shape index (κ1) is 9.64. The highest BCUT2D eigenvalue weighted by Gasteiger charge is 2.43. The van der Waals surface area contributed by atoms with Crippen LogP contribution in [0.15, 0.2) is 0 Å². The minimum absolute atomic E-state index is 0.372. The number of rotatable bonds is 1. The topological polar surface area (TPSA) is 32.3 Å². The maximum absolute atomic E-state index is 12.1. The van der Waals surface area contributed by atoms with Crippen molar-refractivity contribution in [2.45, 2.75) is 19.8 Å². The number of hydrogen-bond acceptors (Lipinski definition) is 2. The number of nitrogens with one attached hydrogen (secondary N) is 1. The molecule has 2 bridgehead atoms. The molecule has 3 nitrogen and oxygen atoms in total. The molecule has 2 saturated heterocycles. The summed E-state index contributed by atoms with van der Waals surface area (Å²) in [5.74, 6) is 2.90. The minimum Gasteiger partial charge on any atom is -0.342 e. The van der Waals surface area contributed by atoms with Crippen LogP contribution < -0.4 is 5.32 Å². The lowest BCUT2D eigenvalue weighted by atomic mass is 9.85. The molecule has 3 rings (SSSR count). The van der Waals surface area contributed by atoms with Gasteiger partial charge in [0.05, 0.1) is 0 Å². The average molecular weight is 208 g/mol. The summed E-state index contributed by atoms with van der Waals surface area (Å²) >= 11 is 0. The molecule has 15 heavy (non-hydrogen) atoms. The number of likely N-dealkylation sites (tertiary alicyclic amines) is 1. The lowest BCUT2D eigenvalue weighted by molar-refractivity contribution is -0.136. The molecule has 3 aliphatic rings. The van der Waals surface area contributed by atoms with Crippen LogP contribution in [0.25, 0.3) is 0 Å². The van der Waals surface area contributed by atoms with Gasteiger partial charge in [-0.15, -0.1) is 0 Å². The Morgan fingerprint density at radius 3 is 2.33 bits per heavy atom. The van der Waals surface area contributed by atoms with Crippen LogP contribution in [0.2, 0.25) is 0 Å². The predicted octanol–water partition coefficient (Wildman–Crippen LogP) is 0.710. The molecule has 84 valence electrons. The molecule has 3 heteroatoms. The Morgan fingerprint density at radius 1 is 1.20 bits per heavy atom. The number of hydrogen-bond donors (Lipinski definition) is 1. The summed E-state index contributed by atoms with van der Waals surface area (Å²) in [6.45, 7) is 6.42. The van der Waals surface area contributed by atoms with Crippen LogP contribution >= 0.6 is 0 Å². The van der Waals surface area contributed by atoms with Crippen LogP contribution in [0.4, 0.5) is 0 Å². The van der Waals surface area contributed by atoms with Crippen LogP contribution in [0.3, 0.4) is 0 Å². The maximum atomic E-state index is 12.1. The number of carbonyl (C=O) groups excluding carboxylic acids is 1. The Morgan fingerprint density at radius 2 is 1.80 bits per heavy atom. The molecular weight excluding hydrogens is 188 g/mol. The van der Waals surface area contributed by atoms with Crippen molar-refractivity contribution in [3.8, 4) is 0 Å². The van der Waals surface area contributed by atoms with Gasteiger partial charge in [-0.1, -0.05) is 6.92 Å². The minimum atomic E-state index is 0.372. The maximum Gasteiger partial charge on any atom is 0.225 e. The van der Waals surface area contributed by atoms with Gasteiger partial charge in [0.25, 0.3) is 0 Å². The first-order valence-corrected chi connectivity index (χ1v) is 6.23.